The number of carboxylic acids is 1. The van der Waals surface area contributed by atoms with E-state index >= 15 is 0 Å². The molecule has 68 valence electrons. The Morgan fingerprint density at radius 1 is 1.46 bits per heavy atom. The van der Waals surface area contributed by atoms with Crippen molar-refractivity contribution in [1.82, 2.24) is 0 Å². The van der Waals surface area contributed by atoms with Crippen LogP contribution in [0.25, 0.3) is 0 Å². The van der Waals surface area contributed by atoms with Gasteiger partial charge in [0.1, 0.15) is 0 Å². The largest absolute Gasteiger partial charge is 0.481 e. The molecule has 0 amide bonds. The minimum absolute atomic E-state index is 0.283. The Balaban J connectivity index is 2.24. The van der Waals surface area contributed by atoms with Gasteiger partial charge >= 0.3 is 5.97 Å². The normalized spacial score (nSPS) is 20.2. The maximum absolute atomic E-state index is 10.7. The topological polar surface area (TPSA) is 49.3 Å². The molecule has 2 rings (SSSR count). The molecule has 1 heterocycles. The maximum atomic E-state index is 10.7. The number of fused-ring (bicyclic) bond motifs is 1. The van der Waals surface area contributed by atoms with Gasteiger partial charge in [0.05, 0.1) is 5.92 Å². The predicted molar refractivity (Wildman–Crippen MR) is 49.8 cm³/mol. The van der Waals surface area contributed by atoms with Crippen LogP contribution in [0.5, 0.6) is 0 Å². The molecule has 0 radical (unpaired) electrons. The summed E-state index contributed by atoms with van der Waals surface area (Å²) >= 11 is 0. The number of rotatable bonds is 1. The van der Waals surface area contributed by atoms with Gasteiger partial charge in [0.2, 0.25) is 0 Å². The van der Waals surface area contributed by atoms with Gasteiger partial charge in [-0.1, -0.05) is 18.2 Å². The van der Waals surface area contributed by atoms with Crippen molar-refractivity contribution in [3.63, 3.8) is 0 Å². The molecule has 1 aromatic carbocycles. The number of carboxylic acid groups (broad SMARTS) is 1. The molecule has 0 bridgehead atoms. The Labute approximate surface area is 76.4 Å². The van der Waals surface area contributed by atoms with Crippen LogP contribution in [-0.4, -0.2) is 17.6 Å². The van der Waals surface area contributed by atoms with E-state index in [2.05, 4.69) is 5.32 Å². The van der Waals surface area contributed by atoms with Crippen LogP contribution in [0.4, 0.5) is 5.69 Å². The second kappa shape index (κ2) is 3.09. The van der Waals surface area contributed by atoms with Crippen LogP contribution in [0.15, 0.2) is 24.3 Å². The Morgan fingerprint density at radius 2 is 2.23 bits per heavy atom. The molecule has 0 unspecified atom stereocenters. The van der Waals surface area contributed by atoms with E-state index < -0.39 is 5.97 Å². The van der Waals surface area contributed by atoms with Crippen LogP contribution < -0.4 is 5.32 Å². The summed E-state index contributed by atoms with van der Waals surface area (Å²) in [5.74, 6) is -1.00. The van der Waals surface area contributed by atoms with Gasteiger partial charge in [0, 0.05) is 12.2 Å². The molecule has 2 N–H and O–H groups in total. The molecule has 3 heteroatoms. The summed E-state index contributed by atoms with van der Waals surface area (Å²) in [5, 5.41) is 11.9. The third-order valence-corrected chi connectivity index (χ3v) is 2.37. The summed E-state index contributed by atoms with van der Waals surface area (Å²) in [4.78, 5) is 10.7. The number of hydrogen-bond acceptors (Lipinski definition) is 2. The quantitative estimate of drug-likeness (QED) is 0.680. The minimum Gasteiger partial charge on any atom is -0.481 e. The Morgan fingerprint density at radius 3 is 3.00 bits per heavy atom. The predicted octanol–water partition coefficient (Wildman–Crippen LogP) is 1.36. The van der Waals surface area contributed by atoms with Gasteiger partial charge < -0.3 is 10.4 Å². The van der Waals surface area contributed by atoms with Crippen molar-refractivity contribution < 1.29 is 9.90 Å². The Bertz CT molecular complexity index is 335. The van der Waals surface area contributed by atoms with Gasteiger partial charge in [0.25, 0.3) is 0 Å². The fourth-order valence-corrected chi connectivity index (χ4v) is 1.62. The molecule has 0 saturated heterocycles. The summed E-state index contributed by atoms with van der Waals surface area (Å²) in [6, 6.07) is 7.84. The molecular formula is C10H11NO2. The highest BCUT2D eigenvalue weighted by atomic mass is 16.4. The minimum atomic E-state index is -0.720. The van der Waals surface area contributed by atoms with Crippen molar-refractivity contribution in [3.05, 3.63) is 29.8 Å². The first-order valence-electron chi connectivity index (χ1n) is 4.32. The van der Waals surface area contributed by atoms with E-state index in [9.17, 15) is 4.79 Å². The maximum Gasteiger partial charge on any atom is 0.308 e. The number of carbonyl (C=O) groups is 1. The number of aliphatic carboxylic acids is 1. The molecule has 0 aromatic heterocycles. The lowest BCUT2D eigenvalue weighted by atomic mass is 9.94. The highest BCUT2D eigenvalue weighted by Gasteiger charge is 2.23. The first kappa shape index (κ1) is 8.10. The monoisotopic (exact) mass is 177 g/mol. The number of anilines is 1. The third-order valence-electron chi connectivity index (χ3n) is 2.37. The molecule has 1 atom stereocenters. The van der Waals surface area contributed by atoms with E-state index in [1.54, 1.807) is 0 Å². The number of para-hydroxylation sites is 1. The molecule has 1 aliphatic rings. The number of nitrogens with one attached hydrogen (secondary N) is 1. The number of hydrogen-bond donors (Lipinski definition) is 2. The number of benzene rings is 1. The average molecular weight is 177 g/mol. The van der Waals surface area contributed by atoms with E-state index in [4.69, 9.17) is 5.11 Å². The van der Waals surface area contributed by atoms with E-state index in [1.165, 1.54) is 0 Å². The van der Waals surface area contributed by atoms with Gasteiger partial charge in [-0.25, -0.2) is 0 Å². The molecule has 0 aliphatic carbocycles. The Hall–Kier alpha value is -1.51. The van der Waals surface area contributed by atoms with Crippen molar-refractivity contribution >= 4 is 11.7 Å². The van der Waals surface area contributed by atoms with Gasteiger partial charge in [-0.2, -0.15) is 0 Å². The zero-order chi connectivity index (χ0) is 9.26. The fourth-order valence-electron chi connectivity index (χ4n) is 1.62. The Kier molecular flexibility index (Phi) is 1.93. The SMILES string of the molecule is O=C(O)[C@@H]1CNc2ccccc2C1. The standard InChI is InChI=1S/C10H11NO2/c12-10(13)8-5-7-3-1-2-4-9(7)11-6-8/h1-4,8,11H,5-6H2,(H,12,13)/t8-/m0/s1. The lowest BCUT2D eigenvalue weighted by molar-refractivity contribution is -0.141. The van der Waals surface area contributed by atoms with Crippen molar-refractivity contribution in [2.75, 3.05) is 11.9 Å². The van der Waals surface area contributed by atoms with Crippen LogP contribution in [0.2, 0.25) is 0 Å². The first-order valence-corrected chi connectivity index (χ1v) is 4.32. The summed E-state index contributed by atoms with van der Waals surface area (Å²) in [5.41, 5.74) is 2.17. The summed E-state index contributed by atoms with van der Waals surface area (Å²) in [7, 11) is 0. The van der Waals surface area contributed by atoms with Crippen LogP contribution in [0.3, 0.4) is 0 Å². The summed E-state index contributed by atoms with van der Waals surface area (Å²) < 4.78 is 0. The van der Waals surface area contributed by atoms with Crippen molar-refractivity contribution in [2.45, 2.75) is 6.42 Å². The van der Waals surface area contributed by atoms with E-state index in [-0.39, 0.29) is 5.92 Å². The second-order valence-electron chi connectivity index (χ2n) is 3.28. The molecule has 0 spiro atoms. The third kappa shape index (κ3) is 1.49. The molecule has 0 saturated carbocycles. The van der Waals surface area contributed by atoms with Gasteiger partial charge in [0.15, 0.2) is 0 Å². The molecule has 1 aliphatic heterocycles. The highest BCUT2D eigenvalue weighted by molar-refractivity contribution is 5.73. The first-order chi connectivity index (χ1) is 6.27. The van der Waals surface area contributed by atoms with Gasteiger partial charge in [-0.15, -0.1) is 0 Å². The summed E-state index contributed by atoms with van der Waals surface area (Å²) in [6.45, 7) is 0.534. The molecule has 1 aromatic rings. The molecule has 0 fully saturated rings. The van der Waals surface area contributed by atoms with Crippen LogP contribution in [0, 0.1) is 5.92 Å². The lowest BCUT2D eigenvalue weighted by Crippen LogP contribution is -2.29. The van der Waals surface area contributed by atoms with E-state index in [1.807, 2.05) is 24.3 Å². The van der Waals surface area contributed by atoms with Gasteiger partial charge in [-0.05, 0) is 18.1 Å². The molecular weight excluding hydrogens is 166 g/mol. The zero-order valence-corrected chi connectivity index (χ0v) is 7.16. The van der Waals surface area contributed by atoms with Crippen LogP contribution in [-0.2, 0) is 11.2 Å². The van der Waals surface area contributed by atoms with Crippen molar-refractivity contribution in [3.8, 4) is 0 Å². The van der Waals surface area contributed by atoms with Crippen molar-refractivity contribution in [2.24, 2.45) is 5.92 Å². The second-order valence-corrected chi connectivity index (χ2v) is 3.28. The average Bonchev–Trinajstić information content (AvgIpc) is 2.17. The van der Waals surface area contributed by atoms with Crippen LogP contribution in [0.1, 0.15) is 5.56 Å². The summed E-state index contributed by atoms with van der Waals surface area (Å²) in [6.07, 6.45) is 0.637. The highest BCUT2D eigenvalue weighted by Crippen LogP contribution is 2.23. The van der Waals surface area contributed by atoms with Gasteiger partial charge in [-0.3, -0.25) is 4.79 Å². The van der Waals surface area contributed by atoms with Crippen LogP contribution >= 0.6 is 0 Å². The fraction of sp³-hybridized carbons (Fsp3) is 0.300. The molecule has 13 heavy (non-hydrogen) atoms. The van der Waals surface area contributed by atoms with E-state index in [0.717, 1.165) is 11.3 Å². The lowest BCUT2D eigenvalue weighted by Gasteiger charge is -2.22. The molecule has 3 nitrogen and oxygen atoms in total. The smallest absolute Gasteiger partial charge is 0.308 e. The van der Waals surface area contributed by atoms with Crippen molar-refractivity contribution in [1.29, 1.82) is 0 Å². The van der Waals surface area contributed by atoms with E-state index in [0.29, 0.717) is 13.0 Å². The zero-order valence-electron chi connectivity index (χ0n) is 7.16.